The maximum absolute atomic E-state index is 13.5. The molecule has 1 fully saturated rings. The van der Waals surface area contributed by atoms with Gasteiger partial charge in [-0.3, -0.25) is 9.69 Å². The van der Waals surface area contributed by atoms with Crippen molar-refractivity contribution in [3.63, 3.8) is 0 Å². The highest BCUT2D eigenvalue weighted by molar-refractivity contribution is 5.86. The van der Waals surface area contributed by atoms with E-state index in [9.17, 15) is 9.18 Å². The number of nitrogens with zero attached hydrogens (tertiary/aromatic N) is 1. The third-order valence-corrected chi connectivity index (χ3v) is 6.29. The van der Waals surface area contributed by atoms with Gasteiger partial charge in [0.15, 0.2) is 0 Å². The molecule has 0 aromatic heterocycles. The minimum absolute atomic E-state index is 0.0237. The summed E-state index contributed by atoms with van der Waals surface area (Å²) in [4.78, 5) is 15.1. The second kappa shape index (κ2) is 8.97. The van der Waals surface area contributed by atoms with Crippen LogP contribution in [0.1, 0.15) is 42.5 Å². The Morgan fingerprint density at radius 1 is 1.10 bits per heavy atom. The van der Waals surface area contributed by atoms with Gasteiger partial charge in [0.2, 0.25) is 5.91 Å². The first-order valence-corrected chi connectivity index (χ1v) is 10.8. The third-order valence-electron chi connectivity index (χ3n) is 6.29. The van der Waals surface area contributed by atoms with Crippen LogP contribution in [0.15, 0.2) is 60.7 Å². The first-order chi connectivity index (χ1) is 14.5. The summed E-state index contributed by atoms with van der Waals surface area (Å²) in [6, 6.07) is 20.2. The van der Waals surface area contributed by atoms with Gasteiger partial charge in [-0.1, -0.05) is 48.5 Å². The summed E-state index contributed by atoms with van der Waals surface area (Å²) in [7, 11) is 0. The Balaban J connectivity index is 1.34. The number of piperidine rings is 1. The van der Waals surface area contributed by atoms with Crippen LogP contribution >= 0.6 is 0 Å². The fourth-order valence-corrected chi connectivity index (χ4v) is 4.61. The van der Waals surface area contributed by atoms with Gasteiger partial charge in [0.1, 0.15) is 5.82 Å². The fourth-order valence-electron chi connectivity index (χ4n) is 4.61. The number of likely N-dealkylation sites (tertiary alicyclic amines) is 1. The number of halogens is 1. The lowest BCUT2D eigenvalue weighted by atomic mass is 9.92. The van der Waals surface area contributed by atoms with E-state index in [-0.39, 0.29) is 17.6 Å². The Labute approximate surface area is 177 Å². The quantitative estimate of drug-likeness (QED) is 0.619. The van der Waals surface area contributed by atoms with E-state index in [2.05, 4.69) is 59.6 Å². The number of hydrogen-bond acceptors (Lipinski definition) is 2. The Bertz CT molecular complexity index is 1010. The largest absolute Gasteiger partial charge is 0.352 e. The second-order valence-electron chi connectivity index (χ2n) is 8.41. The standard InChI is InChI=1S/C26H29FN2O/c1-18-14-20(16-23(27)15-18)17-28-26(30)22-10-12-29(13-11-22)19(2)24-9-5-7-21-6-3-4-8-25(21)24/h3-9,14-16,19,22H,10-13,17H2,1-2H3,(H,28,30). The first kappa shape index (κ1) is 20.5. The molecule has 1 saturated heterocycles. The lowest BCUT2D eigenvalue weighted by Crippen LogP contribution is -2.41. The van der Waals surface area contributed by atoms with Crippen molar-refractivity contribution < 1.29 is 9.18 Å². The van der Waals surface area contributed by atoms with E-state index in [0.29, 0.717) is 12.6 Å². The van der Waals surface area contributed by atoms with E-state index < -0.39 is 0 Å². The third kappa shape index (κ3) is 4.54. The van der Waals surface area contributed by atoms with Crippen LogP contribution in [0.2, 0.25) is 0 Å². The molecule has 1 atom stereocenters. The average Bonchev–Trinajstić information content (AvgIpc) is 2.76. The zero-order valence-electron chi connectivity index (χ0n) is 17.7. The van der Waals surface area contributed by atoms with Gasteiger partial charge in [0.25, 0.3) is 0 Å². The highest BCUT2D eigenvalue weighted by Crippen LogP contribution is 2.31. The lowest BCUT2D eigenvalue weighted by Gasteiger charge is -2.36. The molecular weight excluding hydrogens is 375 g/mol. The van der Waals surface area contributed by atoms with Gasteiger partial charge in [-0.2, -0.15) is 0 Å². The fraction of sp³-hybridized carbons (Fsp3) is 0.346. The minimum atomic E-state index is -0.255. The van der Waals surface area contributed by atoms with E-state index in [0.717, 1.165) is 37.1 Å². The van der Waals surface area contributed by atoms with Gasteiger partial charge in [0.05, 0.1) is 0 Å². The van der Waals surface area contributed by atoms with E-state index in [1.807, 2.05) is 13.0 Å². The number of aryl methyl sites for hydroxylation is 1. The molecule has 3 nitrogen and oxygen atoms in total. The molecule has 1 aliphatic heterocycles. The summed E-state index contributed by atoms with van der Waals surface area (Å²) < 4.78 is 13.5. The SMILES string of the molecule is Cc1cc(F)cc(CNC(=O)C2CCN(C(C)c3cccc4ccccc34)CC2)c1. The van der Waals surface area contributed by atoms with Gasteiger partial charge in [-0.25, -0.2) is 4.39 Å². The number of hydrogen-bond donors (Lipinski definition) is 1. The number of amides is 1. The van der Waals surface area contributed by atoms with E-state index in [1.54, 1.807) is 0 Å². The molecule has 3 aromatic carbocycles. The van der Waals surface area contributed by atoms with Crippen LogP contribution in [0.25, 0.3) is 10.8 Å². The van der Waals surface area contributed by atoms with Crippen LogP contribution < -0.4 is 5.32 Å². The topological polar surface area (TPSA) is 32.3 Å². The Morgan fingerprint density at radius 2 is 1.83 bits per heavy atom. The summed E-state index contributed by atoms with van der Waals surface area (Å²) in [6.45, 7) is 6.31. The van der Waals surface area contributed by atoms with Crippen molar-refractivity contribution in [2.45, 2.75) is 39.3 Å². The van der Waals surface area contributed by atoms with E-state index in [4.69, 9.17) is 0 Å². The van der Waals surface area contributed by atoms with Crippen molar-refractivity contribution in [2.75, 3.05) is 13.1 Å². The highest BCUT2D eigenvalue weighted by atomic mass is 19.1. The Kier molecular flexibility index (Phi) is 6.14. The number of rotatable bonds is 5. The summed E-state index contributed by atoms with van der Waals surface area (Å²) in [6.07, 6.45) is 1.70. The summed E-state index contributed by atoms with van der Waals surface area (Å²) in [5.74, 6) is -0.153. The van der Waals surface area contributed by atoms with Crippen molar-refractivity contribution in [1.29, 1.82) is 0 Å². The van der Waals surface area contributed by atoms with Gasteiger partial charge < -0.3 is 5.32 Å². The summed E-state index contributed by atoms with van der Waals surface area (Å²) >= 11 is 0. The number of fused-ring (bicyclic) bond motifs is 1. The predicted molar refractivity (Wildman–Crippen MR) is 120 cm³/mol. The highest BCUT2D eigenvalue weighted by Gasteiger charge is 2.28. The molecule has 4 rings (SSSR count). The van der Waals surface area contributed by atoms with Gasteiger partial charge >= 0.3 is 0 Å². The van der Waals surface area contributed by atoms with Crippen LogP contribution in [-0.2, 0) is 11.3 Å². The van der Waals surface area contributed by atoms with Crippen molar-refractivity contribution in [3.05, 3.63) is 83.2 Å². The molecule has 0 spiro atoms. The number of carbonyl (C=O) groups excluding carboxylic acids is 1. The van der Waals surface area contributed by atoms with Gasteiger partial charge in [-0.05, 0) is 79.4 Å². The normalized spacial score (nSPS) is 16.5. The zero-order valence-corrected chi connectivity index (χ0v) is 17.7. The lowest BCUT2D eigenvalue weighted by molar-refractivity contribution is -0.126. The number of benzene rings is 3. The molecule has 156 valence electrons. The molecule has 0 bridgehead atoms. The number of carbonyl (C=O) groups is 1. The molecule has 0 saturated carbocycles. The van der Waals surface area contributed by atoms with Crippen molar-refractivity contribution in [1.82, 2.24) is 10.2 Å². The summed E-state index contributed by atoms with van der Waals surface area (Å²) in [5.41, 5.74) is 3.02. The monoisotopic (exact) mass is 404 g/mol. The van der Waals surface area contributed by atoms with E-state index >= 15 is 0 Å². The first-order valence-electron chi connectivity index (χ1n) is 10.8. The second-order valence-corrected chi connectivity index (χ2v) is 8.41. The van der Waals surface area contributed by atoms with E-state index in [1.165, 1.54) is 28.5 Å². The predicted octanol–water partition coefficient (Wildman–Crippen LogP) is 5.38. The molecule has 1 heterocycles. The Hall–Kier alpha value is -2.72. The smallest absolute Gasteiger partial charge is 0.223 e. The zero-order chi connectivity index (χ0) is 21.1. The number of nitrogens with one attached hydrogen (secondary N) is 1. The van der Waals surface area contributed by atoms with Crippen LogP contribution in [-0.4, -0.2) is 23.9 Å². The van der Waals surface area contributed by atoms with Crippen LogP contribution in [0.3, 0.4) is 0 Å². The molecule has 1 N–H and O–H groups in total. The maximum Gasteiger partial charge on any atom is 0.223 e. The summed E-state index contributed by atoms with van der Waals surface area (Å²) in [5, 5.41) is 5.57. The molecule has 30 heavy (non-hydrogen) atoms. The average molecular weight is 405 g/mol. The molecular formula is C26H29FN2O. The molecule has 1 amide bonds. The van der Waals surface area contributed by atoms with Crippen molar-refractivity contribution >= 4 is 16.7 Å². The molecule has 4 heteroatoms. The minimum Gasteiger partial charge on any atom is -0.352 e. The van der Waals surface area contributed by atoms with Crippen LogP contribution in [0.5, 0.6) is 0 Å². The maximum atomic E-state index is 13.5. The molecule has 1 unspecified atom stereocenters. The Morgan fingerprint density at radius 3 is 2.60 bits per heavy atom. The van der Waals surface area contributed by atoms with Crippen molar-refractivity contribution in [3.8, 4) is 0 Å². The molecule has 1 aliphatic rings. The van der Waals surface area contributed by atoms with Gasteiger partial charge in [0, 0.05) is 18.5 Å². The molecule has 3 aromatic rings. The molecule has 0 radical (unpaired) electrons. The van der Waals surface area contributed by atoms with Crippen LogP contribution in [0, 0.1) is 18.7 Å². The molecule has 0 aliphatic carbocycles. The van der Waals surface area contributed by atoms with Gasteiger partial charge in [-0.15, -0.1) is 0 Å². The van der Waals surface area contributed by atoms with Crippen molar-refractivity contribution in [2.24, 2.45) is 5.92 Å². The van der Waals surface area contributed by atoms with Crippen LogP contribution in [0.4, 0.5) is 4.39 Å².